The van der Waals surface area contributed by atoms with E-state index in [9.17, 15) is 4.79 Å². The Morgan fingerprint density at radius 3 is 2.36 bits per heavy atom. The summed E-state index contributed by atoms with van der Waals surface area (Å²) in [5.41, 5.74) is 4.27. The van der Waals surface area contributed by atoms with E-state index in [4.69, 9.17) is 0 Å². The van der Waals surface area contributed by atoms with Crippen molar-refractivity contribution in [3.8, 4) is 0 Å². The first-order chi connectivity index (χ1) is 13.8. The molecule has 2 aromatic carbocycles. The van der Waals surface area contributed by atoms with Gasteiger partial charge < -0.3 is 9.97 Å². The first-order valence-electron chi connectivity index (χ1n) is 8.56. The van der Waals surface area contributed by atoms with Gasteiger partial charge in [-0.25, -0.2) is 10.1 Å². The number of hydrogen-bond acceptors (Lipinski definition) is 6. The van der Waals surface area contributed by atoms with Crippen LogP contribution in [-0.4, -0.2) is 35.3 Å². The lowest BCUT2D eigenvalue weighted by Crippen LogP contribution is -2.10. The number of aromatic nitrogens is 7. The molecule has 0 aliphatic carbocycles. The predicted molar refractivity (Wildman–Crippen MR) is 108 cm³/mol. The van der Waals surface area contributed by atoms with E-state index in [1.54, 1.807) is 0 Å². The Morgan fingerprint density at radius 1 is 0.821 bits per heavy atom. The van der Waals surface area contributed by atoms with Crippen molar-refractivity contribution in [2.24, 2.45) is 0 Å². The number of benzene rings is 2. The van der Waals surface area contributed by atoms with Gasteiger partial charge in [-0.2, -0.15) is 5.10 Å². The van der Waals surface area contributed by atoms with Gasteiger partial charge in [-0.3, -0.25) is 4.79 Å². The van der Waals surface area contributed by atoms with Crippen LogP contribution in [0.4, 0.5) is 0 Å². The number of H-pyrrole nitrogens is 3. The molecule has 4 heterocycles. The Balaban J connectivity index is 1.53. The normalized spacial score (nSPS) is 11.9. The Labute approximate surface area is 160 Å². The van der Waals surface area contributed by atoms with Gasteiger partial charge in [-0.1, -0.05) is 36.4 Å². The second-order valence-corrected chi connectivity index (χ2v) is 7.32. The van der Waals surface area contributed by atoms with Crippen LogP contribution < -0.4 is 5.56 Å². The number of aromatic amines is 3. The van der Waals surface area contributed by atoms with Crippen LogP contribution in [0.25, 0.3) is 44.0 Å². The maximum Gasteiger partial charge on any atom is 0.280 e. The summed E-state index contributed by atoms with van der Waals surface area (Å²) in [5.74, 6) is 0. The highest BCUT2D eigenvalue weighted by Crippen LogP contribution is 2.31. The quantitative estimate of drug-likeness (QED) is 0.421. The van der Waals surface area contributed by atoms with Crippen LogP contribution >= 0.6 is 11.8 Å². The average molecular weight is 385 g/mol. The minimum absolute atomic E-state index is 0.301. The molecule has 0 aliphatic heterocycles. The van der Waals surface area contributed by atoms with Crippen LogP contribution in [0.5, 0.6) is 0 Å². The molecule has 0 fully saturated rings. The molecule has 6 rings (SSSR count). The van der Waals surface area contributed by atoms with Gasteiger partial charge >= 0.3 is 0 Å². The number of rotatable bonds is 2. The number of nitrogens with zero attached hydrogens (tertiary/aromatic N) is 4. The van der Waals surface area contributed by atoms with Crippen LogP contribution in [0, 0.1) is 0 Å². The van der Waals surface area contributed by atoms with Crippen LogP contribution in [0.2, 0.25) is 0 Å². The summed E-state index contributed by atoms with van der Waals surface area (Å²) in [7, 11) is 0. The van der Waals surface area contributed by atoms with Crippen molar-refractivity contribution in [2.75, 3.05) is 0 Å². The highest BCUT2D eigenvalue weighted by molar-refractivity contribution is 7.99. The largest absolute Gasteiger partial charge is 0.352 e. The topological polar surface area (TPSA) is 116 Å². The van der Waals surface area contributed by atoms with Crippen LogP contribution in [-0.2, 0) is 0 Å². The van der Waals surface area contributed by atoms with Crippen molar-refractivity contribution in [2.45, 2.75) is 10.1 Å². The zero-order chi connectivity index (χ0) is 18.7. The molecule has 6 aromatic rings. The van der Waals surface area contributed by atoms with Crippen molar-refractivity contribution < 1.29 is 0 Å². The third kappa shape index (κ3) is 2.16. The molecule has 8 nitrogen and oxygen atoms in total. The van der Waals surface area contributed by atoms with Crippen LogP contribution in [0.1, 0.15) is 0 Å². The van der Waals surface area contributed by atoms with Crippen molar-refractivity contribution >= 4 is 55.8 Å². The molecule has 4 aromatic heterocycles. The molecule has 0 saturated heterocycles. The van der Waals surface area contributed by atoms with Gasteiger partial charge in [0.1, 0.15) is 15.9 Å². The van der Waals surface area contributed by atoms with E-state index in [2.05, 4.69) is 35.3 Å². The lowest BCUT2D eigenvalue weighted by atomic mass is 10.2. The van der Waals surface area contributed by atoms with E-state index < -0.39 is 0 Å². The van der Waals surface area contributed by atoms with Crippen molar-refractivity contribution in [3.05, 3.63) is 58.9 Å². The summed E-state index contributed by atoms with van der Waals surface area (Å²) in [5, 5.41) is 17.6. The molecular weight excluding hydrogens is 374 g/mol. The number of nitrogens with one attached hydrogen (secondary N) is 3. The van der Waals surface area contributed by atoms with E-state index in [1.807, 2.05) is 48.5 Å². The molecule has 0 bridgehead atoms. The second-order valence-electron chi connectivity index (χ2n) is 6.34. The van der Waals surface area contributed by atoms with Gasteiger partial charge in [0.25, 0.3) is 5.56 Å². The van der Waals surface area contributed by atoms with E-state index >= 15 is 0 Å². The fourth-order valence-corrected chi connectivity index (χ4v) is 4.21. The molecule has 0 spiro atoms. The second kappa shape index (κ2) is 5.64. The number of fused-ring (bicyclic) bond motifs is 6. The molecule has 3 N–H and O–H groups in total. The first kappa shape index (κ1) is 15.3. The molecular formula is C19H11N7OS. The van der Waals surface area contributed by atoms with E-state index in [1.165, 1.54) is 0 Å². The first-order valence-corrected chi connectivity index (χ1v) is 9.38. The summed E-state index contributed by atoms with van der Waals surface area (Å²) < 4.78 is 0. The van der Waals surface area contributed by atoms with E-state index in [0.29, 0.717) is 32.2 Å². The fourth-order valence-electron chi connectivity index (χ4n) is 3.42. The molecule has 0 aliphatic rings. The van der Waals surface area contributed by atoms with Crippen molar-refractivity contribution in [3.63, 3.8) is 0 Å². The smallest absolute Gasteiger partial charge is 0.280 e. The third-order valence-corrected chi connectivity index (χ3v) is 5.63. The molecule has 134 valence electrons. The standard InChI is InChI=1S/C19H11N7OS/c27-18-16(15-13(23-25-18)9-5-1-3-7-11(9)20-15)28-19-22-17-14(24-26-19)10-6-2-4-8-12(10)21-17/h1-8,20H,(H,25,27)(H,21,22,26). The highest BCUT2D eigenvalue weighted by Gasteiger charge is 2.17. The Kier molecular flexibility index (Phi) is 3.09. The summed E-state index contributed by atoms with van der Waals surface area (Å²) in [4.78, 5) is 24.0. The van der Waals surface area contributed by atoms with Gasteiger partial charge in [0.2, 0.25) is 5.16 Å². The van der Waals surface area contributed by atoms with Crippen molar-refractivity contribution in [1.29, 1.82) is 0 Å². The summed E-state index contributed by atoms with van der Waals surface area (Å²) in [6.45, 7) is 0. The minimum Gasteiger partial charge on any atom is -0.352 e. The molecule has 9 heteroatoms. The number of para-hydroxylation sites is 2. The summed E-state index contributed by atoms with van der Waals surface area (Å²) in [6.07, 6.45) is 0. The summed E-state index contributed by atoms with van der Waals surface area (Å²) >= 11 is 1.16. The average Bonchev–Trinajstić information content (AvgIpc) is 3.28. The van der Waals surface area contributed by atoms with Gasteiger partial charge in [-0.15, -0.1) is 10.2 Å². The van der Waals surface area contributed by atoms with Gasteiger partial charge in [0, 0.05) is 21.8 Å². The van der Waals surface area contributed by atoms with Crippen molar-refractivity contribution in [1.82, 2.24) is 35.3 Å². The summed E-state index contributed by atoms with van der Waals surface area (Å²) in [6, 6.07) is 15.6. The van der Waals surface area contributed by atoms with Gasteiger partial charge in [0.15, 0.2) is 5.65 Å². The predicted octanol–water partition coefficient (Wildman–Crippen LogP) is 3.38. The van der Waals surface area contributed by atoms with Gasteiger partial charge in [-0.05, 0) is 23.9 Å². The molecule has 0 unspecified atom stereocenters. The number of hydrogen-bond donors (Lipinski definition) is 3. The maximum atomic E-state index is 12.5. The highest BCUT2D eigenvalue weighted by atomic mass is 32.2. The third-order valence-electron chi connectivity index (χ3n) is 4.68. The molecule has 0 amide bonds. The SMILES string of the molecule is O=c1[nH]nc2c([nH]c3ccccc32)c1Sc1nnc2c(n1)[nH]c1ccccc12. The zero-order valence-electron chi connectivity index (χ0n) is 14.2. The zero-order valence-corrected chi connectivity index (χ0v) is 15.0. The monoisotopic (exact) mass is 385 g/mol. The maximum absolute atomic E-state index is 12.5. The minimum atomic E-state index is -0.301. The lowest BCUT2D eigenvalue weighted by molar-refractivity contribution is 0.876. The molecule has 0 saturated carbocycles. The van der Waals surface area contributed by atoms with Crippen LogP contribution in [0.15, 0.2) is 63.4 Å². The molecule has 28 heavy (non-hydrogen) atoms. The fraction of sp³-hybridized carbons (Fsp3) is 0. The molecule has 0 atom stereocenters. The Bertz CT molecular complexity index is 1580. The van der Waals surface area contributed by atoms with E-state index in [-0.39, 0.29) is 5.56 Å². The Hall–Kier alpha value is -3.72. The molecule has 0 radical (unpaired) electrons. The van der Waals surface area contributed by atoms with Gasteiger partial charge in [0.05, 0.1) is 5.52 Å². The van der Waals surface area contributed by atoms with Crippen LogP contribution in [0.3, 0.4) is 0 Å². The van der Waals surface area contributed by atoms with E-state index in [0.717, 1.165) is 33.6 Å². The Morgan fingerprint density at radius 2 is 1.54 bits per heavy atom. The lowest BCUT2D eigenvalue weighted by Gasteiger charge is -2.00.